The highest BCUT2D eigenvalue weighted by molar-refractivity contribution is 6.03. The van der Waals surface area contributed by atoms with Crippen LogP contribution >= 0.6 is 0 Å². The Bertz CT molecular complexity index is 1980. The van der Waals surface area contributed by atoms with E-state index < -0.39 is 0 Å². The van der Waals surface area contributed by atoms with Gasteiger partial charge in [-0.3, -0.25) is 11.5 Å². The van der Waals surface area contributed by atoms with E-state index in [0.29, 0.717) is 0 Å². The maximum absolute atomic E-state index is 4.48. The lowest BCUT2D eigenvalue weighted by atomic mass is 9.60. The molecule has 1 heterocycles. The molecule has 0 aliphatic heterocycles. The molecule has 0 N–H and O–H groups in total. The summed E-state index contributed by atoms with van der Waals surface area (Å²) in [6, 6.07) is 36.0. The normalized spacial score (nSPS) is 15.2. The van der Waals surface area contributed by atoms with Gasteiger partial charge in [-0.1, -0.05) is 82.3 Å². The molecule has 0 radical (unpaired) electrons. The summed E-state index contributed by atoms with van der Waals surface area (Å²) in [6.07, 6.45) is 0. The van der Waals surface area contributed by atoms with Crippen LogP contribution in [0.4, 0.5) is 0 Å². The van der Waals surface area contributed by atoms with Crippen LogP contribution in [0, 0.1) is 13.8 Å². The Morgan fingerprint density at radius 2 is 1.18 bits per heavy atom. The van der Waals surface area contributed by atoms with Crippen molar-refractivity contribution in [2.24, 2.45) is 7.05 Å². The highest BCUT2D eigenvalue weighted by Crippen LogP contribution is 2.50. The molecule has 1 aromatic heterocycles. The summed E-state index contributed by atoms with van der Waals surface area (Å²) in [5.74, 6) is 0.971. The molecule has 0 amide bonds. The van der Waals surface area contributed by atoms with Crippen molar-refractivity contribution in [1.29, 1.82) is 0 Å². The number of rotatable bonds is 2. The molecule has 2 heteroatoms. The van der Waals surface area contributed by atoms with Gasteiger partial charge in [0.15, 0.2) is 11.0 Å². The van der Waals surface area contributed by atoms with E-state index in [1.165, 1.54) is 66.4 Å². The number of nitrogens with zero attached hydrogens (tertiary/aromatic N) is 2. The third-order valence-electron chi connectivity index (χ3n) is 9.51. The highest BCUT2D eigenvalue weighted by Gasteiger charge is 2.41. The molecule has 0 atom stereocenters. The fourth-order valence-corrected chi connectivity index (χ4v) is 7.29. The van der Waals surface area contributed by atoms with Gasteiger partial charge in [0.05, 0.1) is 0 Å². The number of fused-ring (bicyclic) bond motifs is 4. The van der Waals surface area contributed by atoms with E-state index in [9.17, 15) is 0 Å². The average molecular weight is 521 g/mol. The molecule has 198 valence electrons. The van der Waals surface area contributed by atoms with Crippen molar-refractivity contribution in [3.8, 4) is 16.8 Å². The van der Waals surface area contributed by atoms with Crippen molar-refractivity contribution >= 4 is 21.8 Å². The predicted octanol–water partition coefficient (Wildman–Crippen LogP) is 9.53. The minimum atomic E-state index is -0.0795. The molecular weight excluding hydrogens is 484 g/mol. The van der Waals surface area contributed by atoms with E-state index in [1.807, 2.05) is 0 Å². The summed E-state index contributed by atoms with van der Waals surface area (Å²) in [6.45, 7) is 16.2. The molecule has 7 rings (SSSR count). The lowest BCUT2D eigenvalue weighted by Gasteiger charge is -2.44. The highest BCUT2D eigenvalue weighted by atomic mass is 15.2. The minimum absolute atomic E-state index is 0.0443. The van der Waals surface area contributed by atoms with Crippen molar-refractivity contribution in [1.82, 2.24) is 9.13 Å². The van der Waals surface area contributed by atoms with Crippen molar-refractivity contribution < 1.29 is 0 Å². The van der Waals surface area contributed by atoms with Gasteiger partial charge in [0.2, 0.25) is 0 Å². The fraction of sp³-hybridized carbons (Fsp3) is 0.211. The van der Waals surface area contributed by atoms with Crippen LogP contribution in [0.1, 0.15) is 61.3 Å². The first-order valence-corrected chi connectivity index (χ1v) is 14.2. The Kier molecular flexibility index (Phi) is 5.16. The summed E-state index contributed by atoms with van der Waals surface area (Å²) in [7, 11) is 2.10. The monoisotopic (exact) mass is 520 g/mol. The first kappa shape index (κ1) is 24.7. The summed E-state index contributed by atoms with van der Waals surface area (Å²) < 4.78 is 4.51. The molecule has 0 fully saturated rings. The maximum Gasteiger partial charge on any atom is 0.188 e. The van der Waals surface area contributed by atoms with Gasteiger partial charge in [0, 0.05) is 52.2 Å². The van der Waals surface area contributed by atoms with Crippen LogP contribution in [0.3, 0.4) is 0 Å². The Balaban J connectivity index is 1.49. The molecule has 1 aliphatic carbocycles. The van der Waals surface area contributed by atoms with Crippen molar-refractivity contribution in [3.63, 3.8) is 0 Å². The van der Waals surface area contributed by atoms with Gasteiger partial charge in [-0.15, -0.1) is 0 Å². The summed E-state index contributed by atoms with van der Waals surface area (Å²) in [4.78, 5) is 0. The molecule has 0 unspecified atom stereocenters. The topological polar surface area (TPSA) is 9.86 Å². The standard InChI is InChI=1S/C38H36N2/c1-24-22-29(26-20-21-32-33(23-26)38(5,6)31-17-11-10-16-30(31)37(32,3)4)27-14-8-9-15-28(27)36(24)40-25(2)39(7)34-18-12-13-19-35(34)40/h8-23H,2H2,1,3-7H3. The number of para-hydroxylation sites is 2. The average Bonchev–Trinajstić information content (AvgIpc) is 3.21. The predicted molar refractivity (Wildman–Crippen MR) is 169 cm³/mol. The Hall–Kier alpha value is -4.30. The molecule has 5 aromatic carbocycles. The maximum atomic E-state index is 4.48. The third-order valence-corrected chi connectivity index (χ3v) is 9.51. The first-order valence-electron chi connectivity index (χ1n) is 14.2. The van der Waals surface area contributed by atoms with Crippen LogP contribution < -0.4 is 0 Å². The van der Waals surface area contributed by atoms with Gasteiger partial charge in [-0.05, 0) is 70.6 Å². The van der Waals surface area contributed by atoms with Gasteiger partial charge in [-0.2, -0.15) is 0 Å². The molecule has 0 saturated carbocycles. The van der Waals surface area contributed by atoms with Gasteiger partial charge >= 0.3 is 0 Å². The van der Waals surface area contributed by atoms with Gasteiger partial charge in [0.25, 0.3) is 0 Å². The summed E-state index contributed by atoms with van der Waals surface area (Å²) in [5, 5.41) is 2.50. The summed E-state index contributed by atoms with van der Waals surface area (Å²) >= 11 is 0. The SMILES string of the molecule is [CH2-][c+]1n(C)c2ccccc2n1-c1c(C)cc(-c2ccc3c(c2)C(C)(C)c2ccccc2C3(C)C)c2ccccc12. The Morgan fingerprint density at radius 1 is 0.625 bits per heavy atom. The van der Waals surface area contributed by atoms with Crippen LogP contribution in [-0.4, -0.2) is 9.13 Å². The number of imidazole rings is 1. The van der Waals surface area contributed by atoms with Crippen molar-refractivity contribution in [3.05, 3.63) is 138 Å². The second-order valence-corrected chi connectivity index (χ2v) is 12.5. The minimum Gasteiger partial charge on any atom is -0.294 e. The van der Waals surface area contributed by atoms with E-state index in [0.717, 1.165) is 5.82 Å². The van der Waals surface area contributed by atoms with Crippen LogP contribution in [0.25, 0.3) is 38.6 Å². The van der Waals surface area contributed by atoms with Gasteiger partial charge in [0.1, 0.15) is 5.69 Å². The van der Waals surface area contributed by atoms with Crippen LogP contribution in [0.2, 0.25) is 0 Å². The molecule has 40 heavy (non-hydrogen) atoms. The number of hydrogen-bond acceptors (Lipinski definition) is 0. The first-order chi connectivity index (χ1) is 19.1. The van der Waals surface area contributed by atoms with E-state index in [2.05, 4.69) is 155 Å². The van der Waals surface area contributed by atoms with Gasteiger partial charge in [-0.25, -0.2) is 4.57 Å². The van der Waals surface area contributed by atoms with Crippen molar-refractivity contribution in [2.45, 2.75) is 45.4 Å². The molecular formula is C38H36N2. The second-order valence-electron chi connectivity index (χ2n) is 12.5. The van der Waals surface area contributed by atoms with E-state index in [-0.39, 0.29) is 10.8 Å². The van der Waals surface area contributed by atoms with Crippen molar-refractivity contribution in [2.75, 3.05) is 0 Å². The molecule has 0 bridgehead atoms. The lowest BCUT2D eigenvalue weighted by Crippen LogP contribution is -2.36. The smallest absolute Gasteiger partial charge is 0.188 e. The zero-order chi connectivity index (χ0) is 28.0. The Labute approximate surface area is 237 Å². The van der Waals surface area contributed by atoms with Crippen LogP contribution in [-0.2, 0) is 17.9 Å². The molecule has 2 nitrogen and oxygen atoms in total. The molecule has 0 saturated heterocycles. The largest absolute Gasteiger partial charge is 0.294 e. The number of aromatic nitrogens is 2. The van der Waals surface area contributed by atoms with E-state index in [1.54, 1.807) is 0 Å². The lowest BCUT2D eigenvalue weighted by molar-refractivity contribution is 0.521. The van der Waals surface area contributed by atoms with Gasteiger partial charge < -0.3 is 0 Å². The number of hydrogen-bond donors (Lipinski definition) is 0. The Morgan fingerprint density at radius 3 is 1.88 bits per heavy atom. The molecule has 6 aromatic rings. The third kappa shape index (κ3) is 3.23. The molecule has 0 spiro atoms. The molecule has 1 aliphatic rings. The van der Waals surface area contributed by atoms with Crippen LogP contribution in [0.15, 0.2) is 97.1 Å². The zero-order valence-electron chi connectivity index (χ0n) is 24.3. The number of benzene rings is 5. The fourth-order valence-electron chi connectivity index (χ4n) is 7.29. The second kappa shape index (κ2) is 8.35. The van der Waals surface area contributed by atoms with Crippen LogP contribution in [0.5, 0.6) is 0 Å². The quantitative estimate of drug-likeness (QED) is 0.201. The zero-order valence-corrected chi connectivity index (χ0v) is 24.3. The van der Waals surface area contributed by atoms with E-state index >= 15 is 0 Å². The summed E-state index contributed by atoms with van der Waals surface area (Å²) in [5.41, 5.74) is 12.9. The van der Waals surface area contributed by atoms with E-state index in [4.69, 9.17) is 0 Å². The number of aryl methyl sites for hydroxylation is 2.